The van der Waals surface area contributed by atoms with E-state index in [0.717, 1.165) is 6.26 Å². The molecule has 12 rings (SSSR count). The summed E-state index contributed by atoms with van der Waals surface area (Å²) in [6.07, 6.45) is -39.4. The molecule has 130 heavy (non-hydrogen) atoms. The molecule has 45 N–H and O–H groups in total. The number of nitrogens with zero attached hydrogens (tertiary/aromatic N) is 1. The Labute approximate surface area is 754 Å². The fourth-order valence-electron chi connectivity index (χ4n) is 18.6. The highest BCUT2D eigenvalue weighted by molar-refractivity contribution is 7.90. The molecule has 0 aromatic heterocycles. The predicted molar refractivity (Wildman–Crippen MR) is 447 cm³/mol. The average Bonchev–Trinajstić information content (AvgIpc) is 1.57. The summed E-state index contributed by atoms with van der Waals surface area (Å²) >= 11 is 0. The first kappa shape index (κ1) is 110. The number of hydrogen-bond donors (Lipinski definition) is 30. The summed E-state index contributed by atoms with van der Waals surface area (Å²) < 4.78 is 131. The highest BCUT2D eigenvalue weighted by atomic mass is 32.2. The summed E-state index contributed by atoms with van der Waals surface area (Å²) in [5.41, 5.74) is 91.4. The number of sulfone groups is 1. The molecule has 51 nitrogen and oxygen atoms in total. The summed E-state index contributed by atoms with van der Waals surface area (Å²) in [5, 5.41) is 168. The highest BCUT2D eigenvalue weighted by Gasteiger charge is 2.60. The molecule has 52 heteroatoms. The average molecular weight is 1900 g/mol. The standard InChI is InChI=1S/C26H48N6O11.C26H51N5O13S.C26H51N5O11/c1-9-17(34)19(36)15(7-28)39-24(9)42-22-16(8-33)40-26(20(22)37)43-23-18(35)12(31)6-13(32)21(23)41-25-11(30)2-3-14(38-25)10(29)4-5-27;1-9-17(33)19(35)15(6-27)40-24(9)43-22-16(7-32)41-26(20(22)36)44-23-18(34)11(29)5-12(30)21(23)42-25-10(28)3-4-14(39-25)13(31)8-45(2,37)38;1-9-16(33)18(35)13(7-27)37-23(9)41-21-14(8-32)38-25(19(21)36)42-22-17(34)11(29)6-12(30)20(22)40-24-10(28)4-5-15(39-24)26(2,3)31/h9-26,33-37H,2-4,6-8,28-32H2,1H3;9-26,32-36H,3-8,27-31H2,1-2H3;9-25,32-36H,4-8,27-31H2,1-3H3/t9-,10+,11-,12-,13+,14+,15+,16-,17-,18+,19-,20-,21-,22-,23-,24?,25-,26+;9-,10-,11-,12+,13+,14+,15+,16-,17-,18+,19-,20-,21-,22-,23-,24?,25-,26+;9-,10-,11-,12+,13+,14-,15+,16-,17+,18-,19-,20-,21-,22-,23?,24-,25+/m111/s1. The van der Waals surface area contributed by atoms with Crippen molar-refractivity contribution in [3.63, 3.8) is 0 Å². The zero-order valence-electron chi connectivity index (χ0n) is 74.0. The van der Waals surface area contributed by atoms with Gasteiger partial charge in [0.2, 0.25) is 0 Å². The lowest BCUT2D eigenvalue weighted by Gasteiger charge is -2.47. The van der Waals surface area contributed by atoms with Crippen molar-refractivity contribution in [1.82, 2.24) is 0 Å². The van der Waals surface area contributed by atoms with Crippen LogP contribution in [-0.4, -0.2) is 448 Å². The van der Waals surface area contributed by atoms with Crippen molar-refractivity contribution in [2.75, 3.05) is 51.5 Å². The second kappa shape index (κ2) is 47.7. The summed E-state index contributed by atoms with van der Waals surface area (Å²) in [7, 11) is -3.38. The molecule has 9 heterocycles. The molecule has 0 amide bonds. The minimum absolute atomic E-state index is 0.0803. The van der Waals surface area contributed by atoms with E-state index >= 15 is 0 Å². The van der Waals surface area contributed by atoms with E-state index in [-0.39, 0.29) is 57.2 Å². The Morgan fingerprint density at radius 2 is 0.615 bits per heavy atom. The van der Waals surface area contributed by atoms with E-state index in [9.17, 15) is 85.0 Å². The quantitative estimate of drug-likeness (QED) is 0.0318. The molecule has 0 bridgehead atoms. The lowest BCUT2D eigenvalue weighted by atomic mass is 9.84. The maximum atomic E-state index is 11.8. The molecular weight excluding hydrogens is 1750 g/mol. The van der Waals surface area contributed by atoms with Gasteiger partial charge in [0.05, 0.1) is 111 Å². The third-order valence-electron chi connectivity index (χ3n) is 26.9. The van der Waals surface area contributed by atoms with E-state index in [2.05, 4.69) is 0 Å². The number of ether oxygens (including phenoxy) is 18. The molecule has 0 radical (unpaired) electrons. The molecular formula is C78H150N16O35S. The number of nitrogens with two attached hydrogens (primary N) is 15. The highest BCUT2D eigenvalue weighted by Crippen LogP contribution is 2.42. The van der Waals surface area contributed by atoms with Crippen molar-refractivity contribution < 1.29 is 170 Å². The van der Waals surface area contributed by atoms with Gasteiger partial charge in [-0.05, 0) is 71.6 Å². The molecule has 0 spiro atoms. The number of aliphatic hydroxyl groups excluding tert-OH is 15. The summed E-state index contributed by atoms with van der Waals surface area (Å²) in [6, 6.07) is -5.65. The van der Waals surface area contributed by atoms with E-state index in [0.29, 0.717) is 38.5 Å². The molecule has 3 aliphatic carbocycles. The SMILES string of the molecule is C[C@H]1C(O[C@H]2[C@@H](O)[C@H](O[C@@H]3[C@@H](O)[C@H](N)C[C@H](N)[C@H]3O[C@H]3O[C@H](C(C)(C)N)CC[C@H]3N)O[C@@H]2CO)O[C@@H](CN)[C@@H](O)[C@@H]1O.C[C@H]1C(O[C@H]2[C@@H](O)[C@H](O[C@@H]3[C@@H](O)[C@H](N)C[C@H](N)[C@H]3O[C@H]3O[C@H]([C@@H](N)CC#N)CC[C@H]3N)O[C@@H]2CO)O[C@@H](CN)[C@@H](O)[C@@H]1O.C[C@H]1C(O[C@H]2[C@@H](O)[C@H](O[C@@H]3[C@@H](O)[C@H](N)C[C@H](N)[C@H]3O[C@H]3O[C@H]([C@@H](N)CS(C)(=O)=O)CC[C@H]3N)O[C@@H]2CO)O[C@@H](CN)[C@@H](O)[C@@H]1O. The van der Waals surface area contributed by atoms with Gasteiger partial charge in [-0.3, -0.25) is 0 Å². The van der Waals surface area contributed by atoms with Gasteiger partial charge in [-0.1, -0.05) is 20.8 Å². The monoisotopic (exact) mass is 1900 g/mol. The zero-order valence-corrected chi connectivity index (χ0v) is 74.8. The summed E-state index contributed by atoms with van der Waals surface area (Å²) in [5.74, 6) is -2.46. The van der Waals surface area contributed by atoms with Gasteiger partial charge in [0.1, 0.15) is 138 Å². The zero-order chi connectivity index (χ0) is 96.1. The Hall–Kier alpha value is -2.48. The molecule has 0 aromatic carbocycles. The van der Waals surface area contributed by atoms with E-state index in [1.807, 2.05) is 19.9 Å². The maximum absolute atomic E-state index is 11.8. The van der Waals surface area contributed by atoms with E-state index in [1.165, 1.54) is 0 Å². The molecule has 9 saturated heterocycles. The first-order valence-electron chi connectivity index (χ1n) is 44.7. The molecule has 53 atom stereocenters. The fourth-order valence-corrected chi connectivity index (χ4v) is 19.5. The molecule has 758 valence electrons. The van der Waals surface area contributed by atoms with Crippen LogP contribution in [0.15, 0.2) is 0 Å². The summed E-state index contributed by atoms with van der Waals surface area (Å²) in [6.45, 7) is 6.46. The molecule has 0 aromatic rings. The van der Waals surface area contributed by atoms with Crippen LogP contribution in [0.4, 0.5) is 0 Å². The fraction of sp³-hybridized carbons (Fsp3) is 0.987. The maximum Gasteiger partial charge on any atom is 0.187 e. The van der Waals surface area contributed by atoms with Crippen LogP contribution in [0.2, 0.25) is 0 Å². The van der Waals surface area contributed by atoms with Gasteiger partial charge in [0, 0.05) is 97.5 Å². The van der Waals surface area contributed by atoms with Crippen LogP contribution in [0.3, 0.4) is 0 Å². The van der Waals surface area contributed by atoms with Gasteiger partial charge < -0.3 is 248 Å². The Morgan fingerprint density at radius 3 is 0.892 bits per heavy atom. The second-order valence-electron chi connectivity index (χ2n) is 37.5. The van der Waals surface area contributed by atoms with E-state index in [4.69, 9.17) is 177 Å². The van der Waals surface area contributed by atoms with Gasteiger partial charge in [0.15, 0.2) is 56.6 Å². The third kappa shape index (κ3) is 25.8. The lowest BCUT2D eigenvalue weighted by Crippen LogP contribution is -2.66. The number of aliphatic hydroxyl groups is 15. The van der Waals surface area contributed by atoms with Crippen molar-refractivity contribution in [2.45, 2.75) is 411 Å². The van der Waals surface area contributed by atoms with E-state index in [1.54, 1.807) is 20.8 Å². The lowest BCUT2D eigenvalue weighted by molar-refractivity contribution is -0.297. The van der Waals surface area contributed by atoms with Crippen LogP contribution >= 0.6 is 0 Å². The number of rotatable bonds is 30. The Balaban J connectivity index is 0.000000203. The van der Waals surface area contributed by atoms with Crippen LogP contribution in [0.25, 0.3) is 0 Å². The van der Waals surface area contributed by atoms with Crippen molar-refractivity contribution >= 4 is 9.84 Å². The summed E-state index contributed by atoms with van der Waals surface area (Å²) in [4.78, 5) is 0. The minimum Gasteiger partial charge on any atom is -0.394 e. The third-order valence-corrected chi connectivity index (χ3v) is 27.8. The van der Waals surface area contributed by atoms with Crippen molar-refractivity contribution in [1.29, 1.82) is 5.26 Å². The van der Waals surface area contributed by atoms with Crippen LogP contribution in [-0.2, 0) is 95.1 Å². The number of nitriles is 1. The largest absolute Gasteiger partial charge is 0.394 e. The van der Waals surface area contributed by atoms with Crippen LogP contribution in [0.5, 0.6) is 0 Å². The number of hydrogen-bond acceptors (Lipinski definition) is 51. The predicted octanol–water partition coefficient (Wildman–Crippen LogP) is -16.1. The molecule has 9 aliphatic heterocycles. The van der Waals surface area contributed by atoms with Crippen LogP contribution in [0, 0.1) is 29.1 Å². The van der Waals surface area contributed by atoms with Gasteiger partial charge >= 0.3 is 0 Å². The minimum atomic E-state index is -3.38. The van der Waals surface area contributed by atoms with Crippen molar-refractivity contribution in [3.05, 3.63) is 0 Å². The molecule has 12 aliphatic rings. The first-order chi connectivity index (χ1) is 61.1. The van der Waals surface area contributed by atoms with Gasteiger partial charge in [0.25, 0.3) is 0 Å². The van der Waals surface area contributed by atoms with Gasteiger partial charge in [-0.25, -0.2) is 8.42 Å². The molecule has 12 fully saturated rings. The second-order valence-corrected chi connectivity index (χ2v) is 39.7. The Morgan fingerprint density at radius 1 is 0.346 bits per heavy atom. The van der Waals surface area contributed by atoms with Crippen LogP contribution < -0.4 is 86.0 Å². The topological polar surface area (TPSA) is 918 Å². The normalized spacial score (nSPS) is 49.7. The molecule has 3 unspecified atom stereocenters. The van der Waals surface area contributed by atoms with Gasteiger partial charge in [-0.2, -0.15) is 5.26 Å². The molecule has 3 saturated carbocycles. The Bertz CT molecular complexity index is 3570. The van der Waals surface area contributed by atoms with E-state index < -0.39 is 353 Å². The van der Waals surface area contributed by atoms with Crippen molar-refractivity contribution in [2.24, 2.45) is 104 Å². The Kier molecular flexibility index (Phi) is 40.1. The van der Waals surface area contributed by atoms with Crippen LogP contribution in [0.1, 0.15) is 98.8 Å². The van der Waals surface area contributed by atoms with Gasteiger partial charge in [-0.15, -0.1) is 0 Å². The van der Waals surface area contributed by atoms with Crippen molar-refractivity contribution in [3.8, 4) is 6.07 Å². The smallest absolute Gasteiger partial charge is 0.187 e. The first-order valence-corrected chi connectivity index (χ1v) is 46.7.